The molecule has 1 aromatic carbocycles. The summed E-state index contributed by atoms with van der Waals surface area (Å²) in [5.74, 6) is 0.815. The summed E-state index contributed by atoms with van der Waals surface area (Å²) >= 11 is 3.61. The zero-order valence-electron chi connectivity index (χ0n) is 10.5. The van der Waals surface area contributed by atoms with Gasteiger partial charge >= 0.3 is 0 Å². The smallest absolute Gasteiger partial charge is 0.128 e. The summed E-state index contributed by atoms with van der Waals surface area (Å²) in [6.07, 6.45) is 0.791. The minimum absolute atomic E-state index is 0.601. The lowest BCUT2D eigenvalue weighted by Gasteiger charge is -2.05. The second kappa shape index (κ2) is 5.54. The number of halogens is 1. The van der Waals surface area contributed by atoms with E-state index in [0.29, 0.717) is 6.54 Å². The van der Waals surface area contributed by atoms with E-state index < -0.39 is 0 Å². The van der Waals surface area contributed by atoms with Crippen LogP contribution in [0.15, 0.2) is 28.7 Å². The number of benzene rings is 1. The summed E-state index contributed by atoms with van der Waals surface area (Å²) in [6.45, 7) is 0.601. The molecular weight excluding hydrogens is 294 g/mol. The summed E-state index contributed by atoms with van der Waals surface area (Å²) in [7, 11) is 3.59. The standard InChI is InChI=1S/C13H16BrN3O/c1-17-10(7-8-15)12(14)13(16-17)9-5-3-4-6-11(9)18-2/h3-6H,7-8,15H2,1-2H3. The number of hydrogen-bond acceptors (Lipinski definition) is 3. The van der Waals surface area contributed by atoms with Crippen LogP contribution in [0, 0.1) is 0 Å². The Morgan fingerprint density at radius 3 is 2.78 bits per heavy atom. The highest BCUT2D eigenvalue weighted by Crippen LogP contribution is 2.35. The predicted octanol–water partition coefficient (Wildman–Crippen LogP) is 2.36. The van der Waals surface area contributed by atoms with Crippen LogP contribution in [0.25, 0.3) is 11.3 Å². The number of rotatable bonds is 4. The molecule has 2 aromatic rings. The lowest BCUT2D eigenvalue weighted by atomic mass is 10.1. The van der Waals surface area contributed by atoms with Crippen LogP contribution in [0.3, 0.4) is 0 Å². The molecule has 4 nitrogen and oxygen atoms in total. The van der Waals surface area contributed by atoms with E-state index in [4.69, 9.17) is 10.5 Å². The Bertz CT molecular complexity index is 551. The maximum absolute atomic E-state index is 5.62. The monoisotopic (exact) mass is 309 g/mol. The Hall–Kier alpha value is -1.33. The number of ether oxygens (including phenoxy) is 1. The molecule has 0 saturated carbocycles. The quantitative estimate of drug-likeness (QED) is 0.943. The van der Waals surface area contributed by atoms with Crippen molar-refractivity contribution in [3.8, 4) is 17.0 Å². The zero-order valence-corrected chi connectivity index (χ0v) is 12.1. The van der Waals surface area contributed by atoms with Crippen LogP contribution in [0.2, 0.25) is 0 Å². The number of para-hydroxylation sites is 1. The third-order valence-electron chi connectivity index (χ3n) is 2.85. The lowest BCUT2D eigenvalue weighted by Crippen LogP contribution is -2.07. The van der Waals surface area contributed by atoms with Crippen molar-refractivity contribution in [1.29, 1.82) is 0 Å². The highest BCUT2D eigenvalue weighted by Gasteiger charge is 2.17. The SMILES string of the molecule is COc1ccccc1-c1nn(C)c(CCN)c1Br. The third-order valence-corrected chi connectivity index (χ3v) is 3.68. The Kier molecular flexibility index (Phi) is 4.04. The molecule has 1 heterocycles. The molecular formula is C13H16BrN3O. The first-order chi connectivity index (χ1) is 8.69. The second-order valence-electron chi connectivity index (χ2n) is 3.97. The van der Waals surface area contributed by atoms with Crippen LogP contribution in [-0.2, 0) is 13.5 Å². The summed E-state index contributed by atoms with van der Waals surface area (Å²) < 4.78 is 8.21. The van der Waals surface area contributed by atoms with E-state index in [9.17, 15) is 0 Å². The van der Waals surface area contributed by atoms with Crippen molar-refractivity contribution in [2.75, 3.05) is 13.7 Å². The van der Waals surface area contributed by atoms with Gasteiger partial charge in [0.15, 0.2) is 0 Å². The molecule has 0 aliphatic carbocycles. The molecule has 1 aromatic heterocycles. The van der Waals surface area contributed by atoms with Gasteiger partial charge in [-0.15, -0.1) is 0 Å². The molecule has 0 atom stereocenters. The van der Waals surface area contributed by atoms with Gasteiger partial charge in [-0.05, 0) is 34.6 Å². The topological polar surface area (TPSA) is 53.1 Å². The maximum atomic E-state index is 5.62. The van der Waals surface area contributed by atoms with Crippen molar-refractivity contribution in [3.63, 3.8) is 0 Å². The molecule has 0 spiro atoms. The lowest BCUT2D eigenvalue weighted by molar-refractivity contribution is 0.416. The maximum Gasteiger partial charge on any atom is 0.128 e. The van der Waals surface area contributed by atoms with E-state index in [1.807, 2.05) is 36.0 Å². The zero-order chi connectivity index (χ0) is 13.1. The number of hydrogen-bond donors (Lipinski definition) is 1. The average molecular weight is 310 g/mol. The van der Waals surface area contributed by atoms with Crippen LogP contribution in [0.4, 0.5) is 0 Å². The molecule has 0 fully saturated rings. The van der Waals surface area contributed by atoms with Crippen molar-refractivity contribution in [2.45, 2.75) is 6.42 Å². The fraction of sp³-hybridized carbons (Fsp3) is 0.308. The van der Waals surface area contributed by atoms with E-state index in [1.54, 1.807) is 7.11 Å². The van der Waals surface area contributed by atoms with Gasteiger partial charge in [-0.1, -0.05) is 12.1 Å². The molecule has 0 amide bonds. The first-order valence-electron chi connectivity index (χ1n) is 5.73. The molecule has 18 heavy (non-hydrogen) atoms. The van der Waals surface area contributed by atoms with Gasteiger partial charge in [-0.25, -0.2) is 0 Å². The molecule has 0 aliphatic rings. The van der Waals surface area contributed by atoms with E-state index >= 15 is 0 Å². The van der Waals surface area contributed by atoms with Crippen molar-refractivity contribution >= 4 is 15.9 Å². The fourth-order valence-corrected chi connectivity index (χ4v) is 2.70. The van der Waals surface area contributed by atoms with E-state index in [-0.39, 0.29) is 0 Å². The van der Waals surface area contributed by atoms with Gasteiger partial charge in [0, 0.05) is 19.0 Å². The van der Waals surface area contributed by atoms with Gasteiger partial charge in [0.25, 0.3) is 0 Å². The van der Waals surface area contributed by atoms with Gasteiger partial charge in [-0.3, -0.25) is 4.68 Å². The van der Waals surface area contributed by atoms with Gasteiger partial charge in [0.1, 0.15) is 11.4 Å². The normalized spacial score (nSPS) is 10.7. The summed E-state index contributed by atoms with van der Waals surface area (Å²) in [5.41, 5.74) is 8.58. The number of nitrogens with zero attached hydrogens (tertiary/aromatic N) is 2. The van der Waals surface area contributed by atoms with Crippen LogP contribution < -0.4 is 10.5 Å². The van der Waals surface area contributed by atoms with E-state index in [1.165, 1.54) is 0 Å². The highest BCUT2D eigenvalue weighted by atomic mass is 79.9. The fourth-order valence-electron chi connectivity index (χ4n) is 1.95. The molecule has 2 rings (SSSR count). The largest absolute Gasteiger partial charge is 0.496 e. The number of nitrogens with two attached hydrogens (primary N) is 1. The molecule has 0 radical (unpaired) electrons. The van der Waals surface area contributed by atoms with Crippen molar-refractivity contribution in [2.24, 2.45) is 12.8 Å². The first-order valence-corrected chi connectivity index (χ1v) is 6.53. The molecule has 96 valence electrons. The number of methoxy groups -OCH3 is 1. The van der Waals surface area contributed by atoms with Gasteiger partial charge in [-0.2, -0.15) is 5.10 Å². The summed E-state index contributed by atoms with van der Waals surface area (Å²) in [4.78, 5) is 0. The van der Waals surface area contributed by atoms with Crippen molar-refractivity contribution in [3.05, 3.63) is 34.4 Å². The molecule has 5 heteroatoms. The molecule has 0 bridgehead atoms. The highest BCUT2D eigenvalue weighted by molar-refractivity contribution is 9.10. The second-order valence-corrected chi connectivity index (χ2v) is 4.76. The van der Waals surface area contributed by atoms with Crippen molar-refractivity contribution in [1.82, 2.24) is 9.78 Å². The van der Waals surface area contributed by atoms with Crippen LogP contribution in [-0.4, -0.2) is 23.4 Å². The van der Waals surface area contributed by atoms with Crippen molar-refractivity contribution < 1.29 is 4.74 Å². The Morgan fingerprint density at radius 2 is 2.11 bits per heavy atom. The molecule has 0 saturated heterocycles. The van der Waals surface area contributed by atoms with E-state index in [0.717, 1.165) is 33.6 Å². The number of aryl methyl sites for hydroxylation is 1. The predicted molar refractivity (Wildman–Crippen MR) is 75.7 cm³/mol. The van der Waals surface area contributed by atoms with Gasteiger partial charge in [0.05, 0.1) is 17.3 Å². The Labute approximate surface area is 115 Å². The average Bonchev–Trinajstić information content (AvgIpc) is 2.67. The minimum Gasteiger partial charge on any atom is -0.496 e. The summed E-state index contributed by atoms with van der Waals surface area (Å²) in [6, 6.07) is 7.85. The van der Waals surface area contributed by atoms with Crippen LogP contribution >= 0.6 is 15.9 Å². The van der Waals surface area contributed by atoms with Gasteiger partial charge < -0.3 is 10.5 Å². The Balaban J connectivity index is 2.54. The summed E-state index contributed by atoms with van der Waals surface area (Å²) in [5, 5.41) is 4.54. The number of aromatic nitrogens is 2. The Morgan fingerprint density at radius 1 is 1.39 bits per heavy atom. The van der Waals surface area contributed by atoms with Crippen LogP contribution in [0.1, 0.15) is 5.69 Å². The molecule has 0 unspecified atom stereocenters. The van der Waals surface area contributed by atoms with Crippen LogP contribution in [0.5, 0.6) is 5.75 Å². The van der Waals surface area contributed by atoms with E-state index in [2.05, 4.69) is 21.0 Å². The minimum atomic E-state index is 0.601. The molecule has 0 aliphatic heterocycles. The van der Waals surface area contributed by atoms with Gasteiger partial charge in [0.2, 0.25) is 0 Å². The first kappa shape index (κ1) is 13.1. The molecule has 2 N–H and O–H groups in total. The third kappa shape index (κ3) is 2.28.